The standard InChI is InChI=1S/C35H32ClF5N8O6/c1-54-30(53)26(12-15-42-28(51)29(52)43-17-20-16-23(37)8-11-25(20)38)45-27(50)19-2-9-24(10-3-19)44-31-46-32(48-33(47-31)55-18-35(39,40)41)49-34(13-14-34)21-4-6-22(36)7-5-21/h2-11,16,26H,12-15,17-18H2,1H3,(H,42,51)(H,43,52)(H,45,50)(H2,44,46,47,48,49)/t26-/m0/s1. The van der Waals surface area contributed by atoms with E-state index >= 15 is 0 Å². The van der Waals surface area contributed by atoms with Crippen LogP contribution in [0.1, 0.15) is 40.7 Å². The Morgan fingerprint density at radius 1 is 0.891 bits per heavy atom. The van der Waals surface area contributed by atoms with Crippen LogP contribution in [-0.2, 0) is 31.2 Å². The summed E-state index contributed by atoms with van der Waals surface area (Å²) in [7, 11) is 1.09. The van der Waals surface area contributed by atoms with Crippen LogP contribution in [0.4, 0.5) is 39.5 Å². The van der Waals surface area contributed by atoms with Crippen LogP contribution in [0.5, 0.6) is 6.01 Å². The number of methoxy groups -OCH3 is 1. The van der Waals surface area contributed by atoms with Crippen LogP contribution < -0.4 is 31.3 Å². The number of benzene rings is 3. The van der Waals surface area contributed by atoms with E-state index in [4.69, 9.17) is 21.1 Å². The van der Waals surface area contributed by atoms with Gasteiger partial charge in [0.25, 0.3) is 5.91 Å². The first kappa shape index (κ1) is 40.1. The third-order valence-corrected chi connectivity index (χ3v) is 8.30. The van der Waals surface area contributed by atoms with Crippen molar-refractivity contribution in [2.45, 2.75) is 43.6 Å². The summed E-state index contributed by atoms with van der Waals surface area (Å²) in [6.45, 7) is -2.36. The number of anilines is 3. The van der Waals surface area contributed by atoms with Crippen LogP contribution in [0.25, 0.3) is 0 Å². The molecule has 0 saturated heterocycles. The Kier molecular flexibility index (Phi) is 12.6. The fraction of sp³-hybridized carbons (Fsp3) is 0.286. The molecule has 4 aromatic rings. The third-order valence-electron chi connectivity index (χ3n) is 8.04. The third kappa shape index (κ3) is 11.4. The zero-order valence-corrected chi connectivity index (χ0v) is 29.5. The number of rotatable bonds is 15. The van der Waals surface area contributed by atoms with Gasteiger partial charge in [-0.3, -0.25) is 14.4 Å². The minimum absolute atomic E-state index is 0.0527. The maximum absolute atomic E-state index is 13.8. The predicted octanol–water partition coefficient (Wildman–Crippen LogP) is 4.68. The maximum Gasteiger partial charge on any atom is 0.422 e. The maximum atomic E-state index is 13.8. The van der Waals surface area contributed by atoms with Crippen LogP contribution in [0.2, 0.25) is 5.02 Å². The van der Waals surface area contributed by atoms with Crippen LogP contribution in [0, 0.1) is 11.6 Å². The molecule has 1 aliphatic rings. The van der Waals surface area contributed by atoms with E-state index in [2.05, 4.69) is 41.5 Å². The van der Waals surface area contributed by atoms with E-state index in [9.17, 15) is 41.1 Å². The van der Waals surface area contributed by atoms with E-state index in [1.54, 1.807) is 12.1 Å². The smallest absolute Gasteiger partial charge is 0.422 e. The van der Waals surface area contributed by atoms with Crippen molar-refractivity contribution in [3.63, 3.8) is 0 Å². The van der Waals surface area contributed by atoms with E-state index < -0.39 is 72.2 Å². The number of nitrogens with one attached hydrogen (secondary N) is 5. The van der Waals surface area contributed by atoms with E-state index in [1.165, 1.54) is 24.3 Å². The van der Waals surface area contributed by atoms with Crippen molar-refractivity contribution in [1.82, 2.24) is 30.9 Å². The van der Waals surface area contributed by atoms with E-state index in [0.717, 1.165) is 30.9 Å². The summed E-state index contributed by atoms with van der Waals surface area (Å²) < 4.78 is 75.5. The Labute approximate surface area is 314 Å². The minimum Gasteiger partial charge on any atom is -0.467 e. The topological polar surface area (TPSA) is 186 Å². The molecule has 1 atom stereocenters. The van der Waals surface area contributed by atoms with Gasteiger partial charge in [0.15, 0.2) is 6.61 Å². The quantitative estimate of drug-likeness (QED) is 0.0640. The van der Waals surface area contributed by atoms with Crippen LogP contribution in [0.15, 0.2) is 66.7 Å². The first-order chi connectivity index (χ1) is 26.1. The number of hydrogen-bond donors (Lipinski definition) is 5. The molecular formula is C35H32ClF5N8O6. The molecule has 5 rings (SSSR count). The number of hydrogen-bond acceptors (Lipinski definition) is 11. The molecule has 0 spiro atoms. The summed E-state index contributed by atoms with van der Waals surface area (Å²) in [4.78, 5) is 62.0. The molecule has 1 saturated carbocycles. The Hall–Kier alpha value is -6.11. The minimum atomic E-state index is -4.66. The van der Waals surface area contributed by atoms with Crippen LogP contribution in [0.3, 0.4) is 0 Å². The lowest BCUT2D eigenvalue weighted by atomic mass is 10.1. The fourth-order valence-electron chi connectivity index (χ4n) is 5.08. The number of nitrogens with zero attached hydrogens (tertiary/aromatic N) is 3. The summed E-state index contributed by atoms with van der Waals surface area (Å²) in [5.41, 5.74) is 0.526. The highest BCUT2D eigenvalue weighted by Crippen LogP contribution is 2.48. The van der Waals surface area contributed by atoms with E-state index in [-0.39, 0.29) is 36.0 Å². The van der Waals surface area contributed by atoms with Crippen molar-refractivity contribution in [2.24, 2.45) is 0 Å². The van der Waals surface area contributed by atoms with Gasteiger partial charge in [-0.1, -0.05) is 23.7 Å². The number of ether oxygens (including phenoxy) is 2. The first-order valence-electron chi connectivity index (χ1n) is 16.4. The van der Waals surface area contributed by atoms with Crippen molar-refractivity contribution in [1.29, 1.82) is 0 Å². The van der Waals surface area contributed by atoms with Gasteiger partial charge in [0.05, 0.1) is 12.6 Å². The molecule has 5 N–H and O–H groups in total. The molecule has 0 radical (unpaired) electrons. The van der Waals surface area contributed by atoms with Crippen molar-refractivity contribution >= 4 is 52.9 Å². The zero-order valence-electron chi connectivity index (χ0n) is 28.7. The molecule has 55 heavy (non-hydrogen) atoms. The van der Waals surface area contributed by atoms with Gasteiger partial charge in [0.1, 0.15) is 17.7 Å². The highest BCUT2D eigenvalue weighted by Gasteiger charge is 2.45. The summed E-state index contributed by atoms with van der Waals surface area (Å²) in [6.07, 6.45) is -3.46. The molecule has 1 aliphatic carbocycles. The van der Waals surface area contributed by atoms with Gasteiger partial charge in [-0.15, -0.1) is 0 Å². The largest absolute Gasteiger partial charge is 0.467 e. The van der Waals surface area contributed by atoms with Gasteiger partial charge in [-0.2, -0.15) is 28.1 Å². The van der Waals surface area contributed by atoms with Gasteiger partial charge in [0, 0.05) is 34.9 Å². The number of esters is 1. The Bertz CT molecular complexity index is 2040. The molecular weight excluding hydrogens is 759 g/mol. The molecule has 14 nitrogen and oxygen atoms in total. The van der Waals surface area contributed by atoms with E-state index in [1.807, 2.05) is 12.1 Å². The van der Waals surface area contributed by atoms with Crippen molar-refractivity contribution in [2.75, 3.05) is 30.9 Å². The van der Waals surface area contributed by atoms with Gasteiger partial charge in [-0.05, 0) is 79.4 Å². The lowest BCUT2D eigenvalue weighted by Gasteiger charge is -2.19. The fourth-order valence-corrected chi connectivity index (χ4v) is 5.21. The molecule has 20 heteroatoms. The van der Waals surface area contributed by atoms with Crippen molar-refractivity contribution in [3.8, 4) is 6.01 Å². The van der Waals surface area contributed by atoms with Crippen molar-refractivity contribution in [3.05, 3.63) is 100 Å². The number of amides is 3. The van der Waals surface area contributed by atoms with Gasteiger partial charge in [-0.25, -0.2) is 13.6 Å². The molecule has 0 bridgehead atoms. The number of carbonyl (C=O) groups excluding carboxylic acids is 4. The molecule has 1 aromatic heterocycles. The molecule has 1 heterocycles. The monoisotopic (exact) mass is 790 g/mol. The second-order valence-electron chi connectivity index (χ2n) is 12.1. The zero-order chi connectivity index (χ0) is 39.8. The number of aromatic nitrogens is 3. The highest BCUT2D eigenvalue weighted by molar-refractivity contribution is 6.35. The Balaban J connectivity index is 1.19. The van der Waals surface area contributed by atoms with Crippen LogP contribution in [-0.4, -0.2) is 71.1 Å². The Morgan fingerprint density at radius 2 is 1.56 bits per heavy atom. The normalized spacial score (nSPS) is 13.5. The molecule has 3 aromatic carbocycles. The predicted molar refractivity (Wildman–Crippen MR) is 186 cm³/mol. The molecule has 0 aliphatic heterocycles. The molecule has 1 fully saturated rings. The second kappa shape index (κ2) is 17.4. The summed E-state index contributed by atoms with van der Waals surface area (Å²) in [5, 5.41) is 13.5. The molecule has 3 amide bonds. The second-order valence-corrected chi connectivity index (χ2v) is 12.5. The van der Waals surface area contributed by atoms with Gasteiger partial charge >= 0.3 is 30.0 Å². The SMILES string of the molecule is COC(=O)[C@H](CCNC(=O)C(=O)NCc1cc(F)ccc1F)NC(=O)c1ccc(Nc2nc(NC3(c4ccc(Cl)cc4)CC3)nc(OCC(F)(F)F)n2)cc1. The number of carbonyl (C=O) groups is 4. The van der Waals surface area contributed by atoms with Crippen LogP contribution >= 0.6 is 11.6 Å². The number of halogens is 6. The van der Waals surface area contributed by atoms with Crippen molar-refractivity contribution < 1.29 is 50.6 Å². The lowest BCUT2D eigenvalue weighted by Crippen LogP contribution is -2.45. The highest BCUT2D eigenvalue weighted by atomic mass is 35.5. The lowest BCUT2D eigenvalue weighted by molar-refractivity contribution is -0.154. The van der Waals surface area contributed by atoms with E-state index in [0.29, 0.717) is 23.6 Å². The average molecular weight is 791 g/mol. The summed E-state index contributed by atoms with van der Waals surface area (Å²) in [5.74, 6) is -5.55. The Morgan fingerprint density at radius 3 is 2.22 bits per heavy atom. The summed E-state index contributed by atoms with van der Waals surface area (Å²) >= 11 is 6.02. The van der Waals surface area contributed by atoms with Gasteiger partial charge in [0.2, 0.25) is 11.9 Å². The molecule has 290 valence electrons. The van der Waals surface area contributed by atoms with Gasteiger partial charge < -0.3 is 36.1 Å². The summed E-state index contributed by atoms with van der Waals surface area (Å²) in [6, 6.07) is 13.5. The average Bonchev–Trinajstić information content (AvgIpc) is 3.93. The molecule has 0 unspecified atom stereocenters. The number of alkyl halides is 3. The first-order valence-corrected chi connectivity index (χ1v) is 16.8.